The third kappa shape index (κ3) is 7.39. The van der Waals surface area contributed by atoms with E-state index < -0.39 is 11.0 Å². The normalized spacial score (nSPS) is 12.7. The number of fused-ring (bicyclic) bond motifs is 1. The number of hydrogen-bond donors (Lipinski definition) is 1. The lowest BCUT2D eigenvalue weighted by Crippen LogP contribution is -2.49. The Labute approximate surface area is 225 Å². The van der Waals surface area contributed by atoms with Crippen LogP contribution in [-0.2, 0) is 16.2 Å². The number of amides is 1. The Hall–Kier alpha value is -1.71. The van der Waals surface area contributed by atoms with Crippen molar-refractivity contribution in [2.24, 2.45) is 5.16 Å². The summed E-state index contributed by atoms with van der Waals surface area (Å²) in [6, 6.07) is 10.6. The number of thioether (sulfide) groups is 1. The molecule has 0 spiro atoms. The van der Waals surface area contributed by atoms with Crippen LogP contribution in [0.3, 0.4) is 0 Å². The molecule has 1 unspecified atom stereocenters. The molecule has 0 radical (unpaired) electrons. The molecule has 1 amide bonds. The predicted molar refractivity (Wildman–Crippen MR) is 144 cm³/mol. The number of hydrogen-bond acceptors (Lipinski definition) is 6. The third-order valence-corrected chi connectivity index (χ3v) is 6.74. The summed E-state index contributed by atoms with van der Waals surface area (Å²) in [5.41, 5.74) is -0.0847. The molecule has 0 saturated carbocycles. The summed E-state index contributed by atoms with van der Waals surface area (Å²) in [4.78, 5) is 22.5. The van der Waals surface area contributed by atoms with Crippen LogP contribution in [0.5, 0.6) is 5.75 Å². The zero-order chi connectivity index (χ0) is 24.9. The van der Waals surface area contributed by atoms with E-state index in [1.54, 1.807) is 44.5 Å². The van der Waals surface area contributed by atoms with Crippen LogP contribution in [0.15, 0.2) is 52.2 Å². The molecular weight excluding hydrogens is 585 g/mol. The van der Waals surface area contributed by atoms with Gasteiger partial charge in [0.25, 0.3) is 5.91 Å². The number of benzene rings is 2. The minimum Gasteiger partial charge on any atom is -0.470 e. The fraction of sp³-hybridized carbons (Fsp3) is 0.261. The number of rotatable bonds is 9. The van der Waals surface area contributed by atoms with Crippen molar-refractivity contribution in [3.63, 3.8) is 0 Å². The second-order valence-electron chi connectivity index (χ2n) is 7.77. The van der Waals surface area contributed by atoms with Gasteiger partial charge in [-0.15, -0.1) is 11.8 Å². The van der Waals surface area contributed by atoms with Gasteiger partial charge in [0.15, 0.2) is 0 Å². The van der Waals surface area contributed by atoms with Crippen LogP contribution in [0.25, 0.3) is 10.9 Å². The average molecular weight is 606 g/mol. The van der Waals surface area contributed by atoms with Crippen LogP contribution < -0.4 is 10.1 Å². The summed E-state index contributed by atoms with van der Waals surface area (Å²) in [7, 11) is 0. The molecule has 1 heterocycles. The molecule has 34 heavy (non-hydrogen) atoms. The number of nitrogens with zero attached hydrogens (tertiary/aromatic N) is 2. The molecule has 1 atom stereocenters. The van der Waals surface area contributed by atoms with Crippen LogP contribution in [0.2, 0.25) is 15.1 Å². The highest BCUT2D eigenvalue weighted by atomic mass is 79.9. The highest BCUT2D eigenvalue weighted by Gasteiger charge is 2.26. The molecule has 2 aromatic carbocycles. The molecule has 0 aliphatic heterocycles. The minimum atomic E-state index is -0.798. The first kappa shape index (κ1) is 26.9. The molecule has 0 saturated heterocycles. The number of ether oxygens (including phenoxy) is 1. The van der Waals surface area contributed by atoms with Crippen LogP contribution in [0.4, 0.5) is 0 Å². The summed E-state index contributed by atoms with van der Waals surface area (Å²) in [5.74, 6) is 0.263. The SMILES string of the molecule is CSC(Oc1ccc2ncc(Br)cc2c1)C(=O)NC(C)(C)/C=N/OCc1cc(Cl)c(Cl)cc1Cl. The van der Waals surface area contributed by atoms with Gasteiger partial charge in [0.05, 0.1) is 27.3 Å². The van der Waals surface area contributed by atoms with E-state index in [2.05, 4.69) is 31.4 Å². The molecule has 3 rings (SSSR count). The van der Waals surface area contributed by atoms with Gasteiger partial charge in [0.2, 0.25) is 5.44 Å². The van der Waals surface area contributed by atoms with Crippen molar-refractivity contribution in [1.82, 2.24) is 10.3 Å². The van der Waals surface area contributed by atoms with Crippen molar-refractivity contribution >= 4 is 85.5 Å². The number of halogens is 4. The first-order valence-corrected chi connectivity index (χ1v) is 13.2. The maximum Gasteiger partial charge on any atom is 0.272 e. The van der Waals surface area contributed by atoms with E-state index in [0.29, 0.717) is 26.4 Å². The lowest BCUT2D eigenvalue weighted by atomic mass is 10.1. The maximum atomic E-state index is 12.9. The smallest absolute Gasteiger partial charge is 0.272 e. The lowest BCUT2D eigenvalue weighted by Gasteiger charge is -2.24. The number of pyridine rings is 1. The summed E-state index contributed by atoms with van der Waals surface area (Å²) >= 11 is 22.8. The Morgan fingerprint density at radius 2 is 1.94 bits per heavy atom. The van der Waals surface area contributed by atoms with Gasteiger partial charge in [-0.05, 0) is 72.4 Å². The maximum absolute atomic E-state index is 12.9. The molecule has 6 nitrogen and oxygen atoms in total. The van der Waals surface area contributed by atoms with Crippen LogP contribution >= 0.6 is 62.5 Å². The van der Waals surface area contributed by atoms with E-state index in [1.165, 1.54) is 18.0 Å². The second-order valence-corrected chi connectivity index (χ2v) is 10.8. The van der Waals surface area contributed by atoms with Gasteiger partial charge >= 0.3 is 0 Å². The van der Waals surface area contributed by atoms with Crippen molar-refractivity contribution < 1.29 is 14.4 Å². The summed E-state index contributed by atoms with van der Waals surface area (Å²) < 4.78 is 6.79. The molecule has 11 heteroatoms. The fourth-order valence-corrected chi connectivity index (χ4v) is 4.30. The molecule has 3 aromatic rings. The number of oxime groups is 1. The van der Waals surface area contributed by atoms with Crippen molar-refractivity contribution in [2.75, 3.05) is 6.26 Å². The van der Waals surface area contributed by atoms with E-state index in [0.717, 1.165) is 15.4 Å². The zero-order valence-corrected chi connectivity index (χ0v) is 23.1. The predicted octanol–water partition coefficient (Wildman–Crippen LogP) is 7.12. The van der Waals surface area contributed by atoms with E-state index in [4.69, 9.17) is 44.4 Å². The van der Waals surface area contributed by atoms with Gasteiger partial charge in [-0.2, -0.15) is 0 Å². The molecule has 0 aliphatic rings. The molecule has 0 aliphatic carbocycles. The molecule has 180 valence electrons. The Morgan fingerprint density at radius 3 is 2.68 bits per heavy atom. The number of carbonyl (C=O) groups excluding carboxylic acids is 1. The first-order chi connectivity index (χ1) is 16.1. The molecule has 1 aromatic heterocycles. The largest absolute Gasteiger partial charge is 0.470 e. The van der Waals surface area contributed by atoms with Gasteiger partial charge in [-0.1, -0.05) is 40.0 Å². The van der Waals surface area contributed by atoms with E-state index in [1.807, 2.05) is 18.2 Å². The first-order valence-electron chi connectivity index (χ1n) is 9.94. The monoisotopic (exact) mass is 603 g/mol. The molecular formula is C23H21BrCl3N3O3S. The minimum absolute atomic E-state index is 0.0970. The summed E-state index contributed by atoms with van der Waals surface area (Å²) in [6.07, 6.45) is 5.02. The highest BCUT2D eigenvalue weighted by molar-refractivity contribution is 9.10. The fourth-order valence-electron chi connectivity index (χ4n) is 2.85. The van der Waals surface area contributed by atoms with E-state index in [9.17, 15) is 4.79 Å². The second kappa shape index (κ2) is 11.8. The average Bonchev–Trinajstić information content (AvgIpc) is 2.77. The van der Waals surface area contributed by atoms with Crippen molar-refractivity contribution in [2.45, 2.75) is 31.4 Å². The summed E-state index contributed by atoms with van der Waals surface area (Å²) in [5, 5.41) is 8.93. The third-order valence-electron chi connectivity index (χ3n) is 4.50. The van der Waals surface area contributed by atoms with Gasteiger partial charge < -0.3 is 14.9 Å². The number of aromatic nitrogens is 1. The van der Waals surface area contributed by atoms with Crippen LogP contribution in [0, 0.1) is 0 Å². The van der Waals surface area contributed by atoms with E-state index >= 15 is 0 Å². The van der Waals surface area contributed by atoms with Gasteiger partial charge in [0, 0.05) is 26.6 Å². The number of carbonyl (C=O) groups is 1. The van der Waals surface area contributed by atoms with E-state index in [-0.39, 0.29) is 12.5 Å². The summed E-state index contributed by atoms with van der Waals surface area (Å²) in [6.45, 7) is 3.68. The molecule has 1 N–H and O–H groups in total. The highest BCUT2D eigenvalue weighted by Crippen LogP contribution is 2.29. The Balaban J connectivity index is 1.59. The van der Waals surface area contributed by atoms with Crippen molar-refractivity contribution in [1.29, 1.82) is 0 Å². The van der Waals surface area contributed by atoms with Crippen molar-refractivity contribution in [3.8, 4) is 5.75 Å². The Morgan fingerprint density at radius 1 is 1.21 bits per heavy atom. The quantitative estimate of drug-likeness (QED) is 0.122. The van der Waals surface area contributed by atoms with Crippen LogP contribution in [-0.4, -0.2) is 34.3 Å². The topological polar surface area (TPSA) is 72.8 Å². The standard InChI is InChI=1S/C23H21BrCl3N3O3S/c1-23(2,12-29-32-11-14-8-18(26)19(27)9-17(14)25)30-21(31)22(34-3)33-16-4-5-20-13(7-16)6-15(24)10-28-20/h4-10,12,22H,11H2,1-3H3,(H,30,31)/b29-12+. The molecule has 0 fully saturated rings. The molecule has 0 bridgehead atoms. The Bertz CT molecular complexity index is 1230. The van der Waals surface area contributed by atoms with Gasteiger partial charge in [-0.25, -0.2) is 0 Å². The van der Waals surface area contributed by atoms with Crippen LogP contribution in [0.1, 0.15) is 19.4 Å². The zero-order valence-electron chi connectivity index (χ0n) is 18.4. The van der Waals surface area contributed by atoms with Gasteiger partial charge in [-0.3, -0.25) is 9.78 Å². The van der Waals surface area contributed by atoms with Gasteiger partial charge in [0.1, 0.15) is 12.4 Å². The Kier molecular flexibility index (Phi) is 9.34. The number of nitrogens with one attached hydrogen (secondary N) is 1. The lowest BCUT2D eigenvalue weighted by molar-refractivity contribution is -0.125. The van der Waals surface area contributed by atoms with Crippen molar-refractivity contribution in [3.05, 3.63) is 67.7 Å².